The third-order valence-electron chi connectivity index (χ3n) is 2.95. The van der Waals surface area contributed by atoms with Crippen LogP contribution in [0.2, 0.25) is 0 Å². The van der Waals surface area contributed by atoms with E-state index in [9.17, 15) is 4.79 Å². The molecular weight excluding hydrogens is 228 g/mol. The van der Waals surface area contributed by atoms with Crippen molar-refractivity contribution < 1.29 is 9.53 Å². The minimum atomic E-state index is 0.0277. The summed E-state index contributed by atoms with van der Waals surface area (Å²) in [5, 5.41) is 2.88. The molecule has 18 heavy (non-hydrogen) atoms. The first-order valence-electron chi connectivity index (χ1n) is 6.21. The van der Waals surface area contributed by atoms with E-state index in [1.165, 1.54) is 0 Å². The molecule has 1 rings (SSSR count). The van der Waals surface area contributed by atoms with E-state index in [4.69, 9.17) is 10.5 Å². The van der Waals surface area contributed by atoms with Gasteiger partial charge in [-0.2, -0.15) is 0 Å². The SMILES string of the molecule is COc1ccc(NC(=O)CCC(C)CN)cc1C. The smallest absolute Gasteiger partial charge is 0.224 e. The van der Waals surface area contributed by atoms with Gasteiger partial charge in [-0.3, -0.25) is 4.79 Å². The van der Waals surface area contributed by atoms with Crippen LogP contribution in [0.3, 0.4) is 0 Å². The second kappa shape index (κ2) is 7.01. The molecule has 1 unspecified atom stereocenters. The lowest BCUT2D eigenvalue weighted by molar-refractivity contribution is -0.116. The van der Waals surface area contributed by atoms with Gasteiger partial charge in [-0.05, 0) is 49.6 Å². The van der Waals surface area contributed by atoms with Crippen molar-refractivity contribution in [2.75, 3.05) is 19.0 Å². The molecule has 0 aliphatic heterocycles. The van der Waals surface area contributed by atoms with E-state index >= 15 is 0 Å². The number of ether oxygens (including phenoxy) is 1. The number of amides is 1. The molecule has 4 nitrogen and oxygen atoms in total. The molecular formula is C14H22N2O2. The fourth-order valence-electron chi connectivity index (χ4n) is 1.68. The summed E-state index contributed by atoms with van der Waals surface area (Å²) in [6.45, 7) is 4.62. The van der Waals surface area contributed by atoms with E-state index in [0.717, 1.165) is 23.4 Å². The Hall–Kier alpha value is -1.55. The van der Waals surface area contributed by atoms with Crippen LogP contribution in [0.4, 0.5) is 5.69 Å². The van der Waals surface area contributed by atoms with Gasteiger partial charge in [-0.1, -0.05) is 6.92 Å². The zero-order chi connectivity index (χ0) is 13.5. The molecule has 0 aliphatic rings. The lowest BCUT2D eigenvalue weighted by atomic mass is 10.1. The first kappa shape index (κ1) is 14.5. The van der Waals surface area contributed by atoms with Crippen LogP contribution in [0.5, 0.6) is 5.75 Å². The molecule has 100 valence electrons. The van der Waals surface area contributed by atoms with Gasteiger partial charge < -0.3 is 15.8 Å². The van der Waals surface area contributed by atoms with Gasteiger partial charge in [0, 0.05) is 12.1 Å². The van der Waals surface area contributed by atoms with Crippen LogP contribution in [-0.2, 0) is 4.79 Å². The summed E-state index contributed by atoms with van der Waals surface area (Å²) < 4.78 is 5.17. The van der Waals surface area contributed by atoms with Gasteiger partial charge in [-0.25, -0.2) is 0 Å². The number of nitrogens with two attached hydrogens (primary N) is 1. The molecule has 0 aliphatic carbocycles. The van der Waals surface area contributed by atoms with Gasteiger partial charge in [0.2, 0.25) is 5.91 Å². The maximum absolute atomic E-state index is 11.7. The lowest BCUT2D eigenvalue weighted by Gasteiger charge is -2.10. The van der Waals surface area contributed by atoms with Crippen molar-refractivity contribution in [3.05, 3.63) is 23.8 Å². The maximum atomic E-state index is 11.7. The number of carbonyl (C=O) groups excluding carboxylic acids is 1. The average Bonchev–Trinajstić information content (AvgIpc) is 2.36. The Morgan fingerprint density at radius 2 is 2.22 bits per heavy atom. The second-order valence-corrected chi connectivity index (χ2v) is 4.61. The predicted molar refractivity (Wildman–Crippen MR) is 73.8 cm³/mol. The van der Waals surface area contributed by atoms with E-state index < -0.39 is 0 Å². The van der Waals surface area contributed by atoms with Crippen LogP contribution in [0, 0.1) is 12.8 Å². The molecule has 0 aromatic heterocycles. The fraction of sp³-hybridized carbons (Fsp3) is 0.500. The molecule has 1 aromatic carbocycles. The summed E-state index contributed by atoms with van der Waals surface area (Å²) in [6, 6.07) is 5.60. The van der Waals surface area contributed by atoms with Gasteiger partial charge in [-0.15, -0.1) is 0 Å². The summed E-state index contributed by atoms with van der Waals surface area (Å²) in [5.41, 5.74) is 7.33. The Morgan fingerprint density at radius 3 is 2.78 bits per heavy atom. The Bertz CT molecular complexity index is 405. The molecule has 3 N–H and O–H groups in total. The second-order valence-electron chi connectivity index (χ2n) is 4.61. The average molecular weight is 250 g/mol. The van der Waals surface area contributed by atoms with Crippen molar-refractivity contribution in [2.45, 2.75) is 26.7 Å². The molecule has 4 heteroatoms. The van der Waals surface area contributed by atoms with Crippen LogP contribution in [-0.4, -0.2) is 19.6 Å². The van der Waals surface area contributed by atoms with Crippen LogP contribution >= 0.6 is 0 Å². The van der Waals surface area contributed by atoms with Crippen molar-refractivity contribution in [3.63, 3.8) is 0 Å². The number of benzene rings is 1. The molecule has 1 amide bonds. The van der Waals surface area contributed by atoms with Crippen molar-refractivity contribution in [3.8, 4) is 5.75 Å². The standard InChI is InChI=1S/C14H22N2O2/c1-10(9-15)4-7-14(17)16-12-5-6-13(18-3)11(2)8-12/h5-6,8,10H,4,7,9,15H2,1-3H3,(H,16,17). The minimum Gasteiger partial charge on any atom is -0.496 e. The monoisotopic (exact) mass is 250 g/mol. The number of aryl methyl sites for hydroxylation is 1. The highest BCUT2D eigenvalue weighted by molar-refractivity contribution is 5.90. The third-order valence-corrected chi connectivity index (χ3v) is 2.95. The highest BCUT2D eigenvalue weighted by atomic mass is 16.5. The zero-order valence-corrected chi connectivity index (χ0v) is 11.3. The van der Waals surface area contributed by atoms with Gasteiger partial charge in [0.05, 0.1) is 7.11 Å². The van der Waals surface area contributed by atoms with E-state index in [0.29, 0.717) is 18.9 Å². The molecule has 0 radical (unpaired) electrons. The molecule has 0 saturated carbocycles. The normalized spacial score (nSPS) is 12.0. The molecule has 1 aromatic rings. The van der Waals surface area contributed by atoms with Crippen LogP contribution in [0.15, 0.2) is 18.2 Å². The highest BCUT2D eigenvalue weighted by Gasteiger charge is 2.07. The number of methoxy groups -OCH3 is 1. The van der Waals surface area contributed by atoms with E-state index in [1.807, 2.05) is 32.0 Å². The maximum Gasteiger partial charge on any atom is 0.224 e. The molecule has 0 bridgehead atoms. The van der Waals surface area contributed by atoms with E-state index in [1.54, 1.807) is 7.11 Å². The topological polar surface area (TPSA) is 64.3 Å². The number of rotatable bonds is 6. The Balaban J connectivity index is 2.52. The number of hydrogen-bond acceptors (Lipinski definition) is 3. The van der Waals surface area contributed by atoms with Gasteiger partial charge in [0.1, 0.15) is 5.75 Å². The van der Waals surface area contributed by atoms with Crippen molar-refractivity contribution in [1.29, 1.82) is 0 Å². The quantitative estimate of drug-likeness (QED) is 0.814. The summed E-state index contributed by atoms with van der Waals surface area (Å²) in [5.74, 6) is 1.23. The Morgan fingerprint density at radius 1 is 1.50 bits per heavy atom. The molecule has 0 heterocycles. The number of anilines is 1. The highest BCUT2D eigenvalue weighted by Crippen LogP contribution is 2.21. The van der Waals surface area contributed by atoms with Crippen LogP contribution in [0.25, 0.3) is 0 Å². The number of carbonyl (C=O) groups is 1. The van der Waals surface area contributed by atoms with Crippen LogP contribution in [0.1, 0.15) is 25.3 Å². The summed E-state index contributed by atoms with van der Waals surface area (Å²) in [4.78, 5) is 11.7. The van der Waals surface area contributed by atoms with Gasteiger partial charge in [0.25, 0.3) is 0 Å². The minimum absolute atomic E-state index is 0.0277. The molecule has 1 atom stereocenters. The molecule has 0 saturated heterocycles. The van der Waals surface area contributed by atoms with E-state index in [-0.39, 0.29) is 5.91 Å². The van der Waals surface area contributed by atoms with Crippen molar-refractivity contribution in [2.24, 2.45) is 11.7 Å². The Labute approximate surface area is 109 Å². The Kier molecular flexibility index (Phi) is 5.65. The summed E-state index contributed by atoms with van der Waals surface area (Å²) in [6.07, 6.45) is 1.32. The van der Waals surface area contributed by atoms with Crippen molar-refractivity contribution in [1.82, 2.24) is 0 Å². The van der Waals surface area contributed by atoms with Gasteiger partial charge in [0.15, 0.2) is 0 Å². The predicted octanol–water partition coefficient (Wildman–Crippen LogP) is 2.32. The van der Waals surface area contributed by atoms with Crippen LogP contribution < -0.4 is 15.8 Å². The van der Waals surface area contributed by atoms with Gasteiger partial charge >= 0.3 is 0 Å². The summed E-state index contributed by atoms with van der Waals surface area (Å²) >= 11 is 0. The van der Waals surface area contributed by atoms with Crippen molar-refractivity contribution >= 4 is 11.6 Å². The fourth-order valence-corrected chi connectivity index (χ4v) is 1.68. The summed E-state index contributed by atoms with van der Waals surface area (Å²) in [7, 11) is 1.63. The first-order valence-corrected chi connectivity index (χ1v) is 6.21. The molecule has 0 fully saturated rings. The number of hydrogen-bond donors (Lipinski definition) is 2. The largest absolute Gasteiger partial charge is 0.496 e. The zero-order valence-electron chi connectivity index (χ0n) is 11.3. The van der Waals surface area contributed by atoms with E-state index in [2.05, 4.69) is 5.32 Å². The lowest BCUT2D eigenvalue weighted by Crippen LogP contribution is -2.16. The number of nitrogens with one attached hydrogen (secondary N) is 1. The third kappa shape index (κ3) is 4.37. The first-order chi connectivity index (χ1) is 8.56. The molecule has 0 spiro atoms.